The zero-order valence-electron chi connectivity index (χ0n) is 19.2. The second kappa shape index (κ2) is 8.46. The maximum atomic E-state index is 6.32. The fourth-order valence-corrected chi connectivity index (χ4v) is 4.56. The smallest absolute Gasteiger partial charge is 0.155 e. The van der Waals surface area contributed by atoms with Crippen LogP contribution >= 0.6 is 0 Å². The van der Waals surface area contributed by atoms with Crippen molar-refractivity contribution in [1.29, 1.82) is 0 Å². The molecule has 2 bridgehead atoms. The summed E-state index contributed by atoms with van der Waals surface area (Å²) in [5.74, 6) is 3.07. The number of anilines is 3. The molecular formula is C26H26N6O2. The molecule has 1 atom stereocenters. The molecule has 0 spiro atoms. The number of pyridine rings is 1. The van der Waals surface area contributed by atoms with Gasteiger partial charge in [-0.1, -0.05) is 0 Å². The molecule has 2 N–H and O–H groups in total. The highest BCUT2D eigenvalue weighted by Crippen LogP contribution is 2.41. The average Bonchev–Trinajstić information content (AvgIpc) is 2.97. The van der Waals surface area contributed by atoms with Gasteiger partial charge in [0.05, 0.1) is 28.8 Å². The molecule has 4 aromatic rings. The van der Waals surface area contributed by atoms with Crippen molar-refractivity contribution in [3.8, 4) is 17.2 Å². The van der Waals surface area contributed by atoms with Crippen molar-refractivity contribution >= 4 is 28.1 Å². The Morgan fingerprint density at radius 3 is 2.88 bits per heavy atom. The zero-order valence-corrected chi connectivity index (χ0v) is 19.2. The van der Waals surface area contributed by atoms with Crippen LogP contribution < -0.4 is 25.0 Å². The summed E-state index contributed by atoms with van der Waals surface area (Å²) in [5.41, 5.74) is 4.83. The first-order chi connectivity index (χ1) is 16.6. The Kier molecular flexibility index (Phi) is 5.15. The average molecular weight is 455 g/mol. The first-order valence-electron chi connectivity index (χ1n) is 11.5. The fraction of sp³-hybridized carbons (Fsp3) is 0.269. The third-order valence-corrected chi connectivity index (χ3v) is 6.31. The molecule has 0 radical (unpaired) electrons. The number of piperazine rings is 1. The summed E-state index contributed by atoms with van der Waals surface area (Å²) in [7, 11) is 0. The molecule has 8 nitrogen and oxygen atoms in total. The van der Waals surface area contributed by atoms with Gasteiger partial charge in [0.25, 0.3) is 0 Å². The monoisotopic (exact) mass is 454 g/mol. The second-order valence-electron chi connectivity index (χ2n) is 8.78. The molecule has 0 unspecified atom stereocenters. The lowest BCUT2D eigenvalue weighted by molar-refractivity contribution is 0.273. The molecule has 8 heteroatoms. The van der Waals surface area contributed by atoms with Crippen LogP contribution in [0.4, 0.5) is 17.2 Å². The summed E-state index contributed by atoms with van der Waals surface area (Å²) in [6.45, 7) is 7.44. The zero-order chi connectivity index (χ0) is 23.1. The maximum absolute atomic E-state index is 6.32. The standard InChI is InChI=1S/C26H26N6O2/c1-16-11-18(4-8-23(16)34-20-5-3-17(2)28-12-20)31-26-24-21(29-15-30-26)6-7-22-25(24)33-14-19-13-32(22)10-9-27-19/h3-8,11-12,15,19,27H,9-10,13-14H2,1-2H3,(H,29,30,31)/t19-/m1/s1. The van der Waals surface area contributed by atoms with Gasteiger partial charge < -0.3 is 25.0 Å². The number of nitrogens with zero attached hydrogens (tertiary/aromatic N) is 4. The topological polar surface area (TPSA) is 84.4 Å². The summed E-state index contributed by atoms with van der Waals surface area (Å²) in [5, 5.41) is 7.91. The summed E-state index contributed by atoms with van der Waals surface area (Å²) in [6.07, 6.45) is 3.32. The van der Waals surface area contributed by atoms with E-state index in [0.29, 0.717) is 18.4 Å². The molecule has 1 fully saturated rings. The SMILES string of the molecule is Cc1ccc(Oc2ccc(Nc3ncnc4ccc5c(c34)OC[C@H]3CN5CCN3)cc2C)cn1. The van der Waals surface area contributed by atoms with E-state index in [1.165, 1.54) is 0 Å². The quantitative estimate of drug-likeness (QED) is 0.471. The Balaban J connectivity index is 1.33. The summed E-state index contributed by atoms with van der Waals surface area (Å²) >= 11 is 0. The minimum atomic E-state index is 0.316. The minimum Gasteiger partial charge on any atom is -0.489 e. The first kappa shape index (κ1) is 20.7. The summed E-state index contributed by atoms with van der Waals surface area (Å²) in [4.78, 5) is 15.8. The number of rotatable bonds is 4. The number of benzene rings is 2. The normalized spacial score (nSPS) is 17.0. The van der Waals surface area contributed by atoms with E-state index < -0.39 is 0 Å². The molecule has 1 saturated heterocycles. The number of aryl methyl sites for hydroxylation is 2. The summed E-state index contributed by atoms with van der Waals surface area (Å²) in [6, 6.07) is 14.3. The van der Waals surface area contributed by atoms with Gasteiger partial charge in [0.2, 0.25) is 0 Å². The van der Waals surface area contributed by atoms with E-state index in [-0.39, 0.29) is 0 Å². The molecule has 2 aliphatic heterocycles. The van der Waals surface area contributed by atoms with Crippen LogP contribution in [0.25, 0.3) is 10.9 Å². The molecule has 2 aromatic carbocycles. The van der Waals surface area contributed by atoms with Crippen LogP contribution in [0.3, 0.4) is 0 Å². The van der Waals surface area contributed by atoms with Gasteiger partial charge in [-0.05, 0) is 61.9 Å². The van der Waals surface area contributed by atoms with Crippen molar-refractivity contribution < 1.29 is 9.47 Å². The van der Waals surface area contributed by atoms with Crippen molar-refractivity contribution in [3.05, 3.63) is 66.2 Å². The molecule has 34 heavy (non-hydrogen) atoms. The lowest BCUT2D eigenvalue weighted by Crippen LogP contribution is -2.51. The number of hydrogen-bond donors (Lipinski definition) is 2. The highest BCUT2D eigenvalue weighted by atomic mass is 16.5. The van der Waals surface area contributed by atoms with E-state index in [4.69, 9.17) is 9.47 Å². The van der Waals surface area contributed by atoms with Crippen molar-refractivity contribution in [2.75, 3.05) is 36.5 Å². The van der Waals surface area contributed by atoms with E-state index in [1.807, 2.05) is 50.2 Å². The van der Waals surface area contributed by atoms with Gasteiger partial charge in [0.1, 0.15) is 30.3 Å². The third kappa shape index (κ3) is 3.86. The Morgan fingerprint density at radius 1 is 1.09 bits per heavy atom. The van der Waals surface area contributed by atoms with Gasteiger partial charge in [-0.25, -0.2) is 9.97 Å². The third-order valence-electron chi connectivity index (χ3n) is 6.31. The lowest BCUT2D eigenvalue weighted by Gasteiger charge is -2.32. The largest absolute Gasteiger partial charge is 0.489 e. The number of hydrogen-bond acceptors (Lipinski definition) is 8. The predicted molar refractivity (Wildman–Crippen MR) is 133 cm³/mol. The van der Waals surface area contributed by atoms with Crippen LogP contribution in [0.1, 0.15) is 11.3 Å². The number of aromatic nitrogens is 3. The fourth-order valence-electron chi connectivity index (χ4n) is 4.56. The Labute approximate surface area is 198 Å². The van der Waals surface area contributed by atoms with Crippen LogP contribution in [0.5, 0.6) is 17.2 Å². The van der Waals surface area contributed by atoms with Gasteiger partial charge in [-0.15, -0.1) is 0 Å². The molecular weight excluding hydrogens is 428 g/mol. The minimum absolute atomic E-state index is 0.316. The maximum Gasteiger partial charge on any atom is 0.155 e. The molecule has 172 valence electrons. The molecule has 2 aliphatic rings. The highest BCUT2D eigenvalue weighted by Gasteiger charge is 2.28. The van der Waals surface area contributed by atoms with E-state index in [0.717, 1.165) is 70.5 Å². The Morgan fingerprint density at radius 2 is 2.03 bits per heavy atom. The molecule has 0 aliphatic carbocycles. The van der Waals surface area contributed by atoms with E-state index in [9.17, 15) is 0 Å². The van der Waals surface area contributed by atoms with Crippen molar-refractivity contribution in [3.63, 3.8) is 0 Å². The van der Waals surface area contributed by atoms with E-state index >= 15 is 0 Å². The van der Waals surface area contributed by atoms with Crippen LogP contribution in [-0.4, -0.2) is 47.2 Å². The van der Waals surface area contributed by atoms with Gasteiger partial charge in [0, 0.05) is 31.0 Å². The Bertz CT molecular complexity index is 1360. The second-order valence-corrected chi connectivity index (χ2v) is 8.78. The molecule has 6 rings (SSSR count). The molecule has 0 amide bonds. The van der Waals surface area contributed by atoms with Crippen molar-refractivity contribution in [2.45, 2.75) is 19.9 Å². The highest BCUT2D eigenvalue weighted by molar-refractivity contribution is 6.00. The van der Waals surface area contributed by atoms with Crippen LogP contribution in [0.15, 0.2) is 55.0 Å². The molecule has 4 heterocycles. The lowest BCUT2D eigenvalue weighted by atomic mass is 10.1. The number of fused-ring (bicyclic) bond motifs is 6. The number of nitrogens with one attached hydrogen (secondary N) is 2. The molecule has 2 aromatic heterocycles. The van der Waals surface area contributed by atoms with Gasteiger partial charge >= 0.3 is 0 Å². The van der Waals surface area contributed by atoms with Crippen molar-refractivity contribution in [1.82, 2.24) is 20.3 Å². The van der Waals surface area contributed by atoms with E-state index in [1.54, 1.807) is 12.5 Å². The van der Waals surface area contributed by atoms with E-state index in [2.05, 4.69) is 36.6 Å². The van der Waals surface area contributed by atoms with Gasteiger partial charge in [-0.3, -0.25) is 4.98 Å². The van der Waals surface area contributed by atoms with Gasteiger partial charge in [0.15, 0.2) is 5.75 Å². The van der Waals surface area contributed by atoms with Crippen LogP contribution in [0, 0.1) is 13.8 Å². The first-order valence-corrected chi connectivity index (χ1v) is 11.5. The van der Waals surface area contributed by atoms with Crippen LogP contribution in [0.2, 0.25) is 0 Å². The number of ether oxygens (including phenoxy) is 2. The predicted octanol–water partition coefficient (Wildman–Crippen LogP) is 4.35. The summed E-state index contributed by atoms with van der Waals surface area (Å²) < 4.78 is 12.3. The van der Waals surface area contributed by atoms with Crippen LogP contribution in [-0.2, 0) is 0 Å². The van der Waals surface area contributed by atoms with Crippen molar-refractivity contribution in [2.24, 2.45) is 0 Å². The molecule has 0 saturated carbocycles. The van der Waals surface area contributed by atoms with Gasteiger partial charge in [-0.2, -0.15) is 0 Å². The Hall–Kier alpha value is -3.91.